The maximum absolute atomic E-state index is 5.76. The van der Waals surface area contributed by atoms with Crippen molar-refractivity contribution < 1.29 is 4.74 Å². The highest BCUT2D eigenvalue weighted by molar-refractivity contribution is 5.86. The molecule has 3 N–H and O–H groups in total. The summed E-state index contributed by atoms with van der Waals surface area (Å²) in [6, 6.07) is 14.5. The van der Waals surface area contributed by atoms with Crippen LogP contribution in [0.4, 0.5) is 0 Å². The minimum Gasteiger partial charge on any atom is -0.496 e. The van der Waals surface area contributed by atoms with Gasteiger partial charge in [0.25, 0.3) is 0 Å². The summed E-state index contributed by atoms with van der Waals surface area (Å²) in [5, 5.41) is 2.43. The molecule has 3 heteroatoms. The van der Waals surface area contributed by atoms with Crippen LogP contribution in [-0.2, 0) is 4.74 Å². The van der Waals surface area contributed by atoms with E-state index in [-0.39, 0.29) is 6.04 Å². The lowest BCUT2D eigenvalue weighted by molar-refractivity contribution is 0.168. The summed E-state index contributed by atoms with van der Waals surface area (Å²) in [6.45, 7) is 0.773. The van der Waals surface area contributed by atoms with Crippen molar-refractivity contribution in [2.45, 2.75) is 18.9 Å². The molecule has 0 spiro atoms. The first kappa shape index (κ1) is 12.2. The number of rotatable bonds is 3. The molecular formula is C16H18N2O. The van der Waals surface area contributed by atoms with Crippen molar-refractivity contribution in [3.05, 3.63) is 59.9 Å². The van der Waals surface area contributed by atoms with Gasteiger partial charge in [-0.25, -0.2) is 5.43 Å². The van der Waals surface area contributed by atoms with Crippen LogP contribution in [0.25, 0.3) is 10.8 Å². The molecule has 1 aliphatic heterocycles. The summed E-state index contributed by atoms with van der Waals surface area (Å²) in [4.78, 5) is 0. The Kier molecular flexibility index (Phi) is 3.49. The van der Waals surface area contributed by atoms with Gasteiger partial charge in [-0.05, 0) is 35.3 Å². The van der Waals surface area contributed by atoms with Gasteiger partial charge in [0.05, 0.1) is 6.61 Å². The van der Waals surface area contributed by atoms with Gasteiger partial charge in [-0.15, -0.1) is 0 Å². The summed E-state index contributed by atoms with van der Waals surface area (Å²) >= 11 is 0. The predicted molar refractivity (Wildman–Crippen MR) is 77.3 cm³/mol. The van der Waals surface area contributed by atoms with Gasteiger partial charge in [-0.3, -0.25) is 5.84 Å². The molecule has 0 amide bonds. The van der Waals surface area contributed by atoms with E-state index in [0.29, 0.717) is 0 Å². The Balaban J connectivity index is 2.08. The number of nitrogens with one attached hydrogen (secondary N) is 1. The molecule has 98 valence electrons. The highest BCUT2D eigenvalue weighted by atomic mass is 16.5. The SMILES string of the molecule is NNC(C1=CCCCO1)c1cccc2ccccc12. The van der Waals surface area contributed by atoms with Crippen molar-refractivity contribution in [3.8, 4) is 0 Å². The number of fused-ring (bicyclic) bond motifs is 1. The molecule has 0 saturated heterocycles. The fourth-order valence-electron chi connectivity index (χ4n) is 2.61. The van der Waals surface area contributed by atoms with E-state index in [1.807, 2.05) is 6.07 Å². The highest BCUT2D eigenvalue weighted by Gasteiger charge is 2.20. The Morgan fingerprint density at radius 2 is 1.95 bits per heavy atom. The van der Waals surface area contributed by atoms with E-state index in [2.05, 4.69) is 47.9 Å². The van der Waals surface area contributed by atoms with E-state index in [9.17, 15) is 0 Å². The van der Waals surface area contributed by atoms with Crippen LogP contribution in [0.2, 0.25) is 0 Å². The zero-order valence-corrected chi connectivity index (χ0v) is 10.8. The normalized spacial score (nSPS) is 16.8. The molecule has 1 atom stereocenters. The zero-order valence-electron chi connectivity index (χ0n) is 10.8. The maximum Gasteiger partial charge on any atom is 0.115 e. The monoisotopic (exact) mass is 254 g/mol. The zero-order chi connectivity index (χ0) is 13.1. The number of hydrazine groups is 1. The average molecular weight is 254 g/mol. The molecule has 2 aromatic carbocycles. The summed E-state index contributed by atoms with van der Waals surface area (Å²) in [7, 11) is 0. The number of ether oxygens (including phenoxy) is 1. The molecule has 3 nitrogen and oxygen atoms in total. The Morgan fingerprint density at radius 3 is 2.74 bits per heavy atom. The quantitative estimate of drug-likeness (QED) is 0.653. The lowest BCUT2D eigenvalue weighted by Crippen LogP contribution is -2.31. The van der Waals surface area contributed by atoms with Crippen molar-refractivity contribution in [2.24, 2.45) is 5.84 Å². The second-order valence-electron chi connectivity index (χ2n) is 4.77. The van der Waals surface area contributed by atoms with Gasteiger partial charge >= 0.3 is 0 Å². The summed E-state index contributed by atoms with van der Waals surface area (Å²) in [5.41, 5.74) is 4.05. The third-order valence-corrected chi connectivity index (χ3v) is 3.55. The predicted octanol–water partition coefficient (Wildman–Crippen LogP) is 3.04. The molecule has 0 aromatic heterocycles. The Morgan fingerprint density at radius 1 is 1.11 bits per heavy atom. The molecule has 0 aliphatic carbocycles. The van der Waals surface area contributed by atoms with Crippen molar-refractivity contribution in [2.75, 3.05) is 6.61 Å². The van der Waals surface area contributed by atoms with Gasteiger partial charge < -0.3 is 4.74 Å². The number of allylic oxidation sites excluding steroid dienone is 1. The van der Waals surface area contributed by atoms with Gasteiger partial charge in [0.1, 0.15) is 11.8 Å². The molecule has 2 aromatic rings. The summed E-state index contributed by atoms with van der Waals surface area (Å²) in [5.74, 6) is 6.69. The van der Waals surface area contributed by atoms with Gasteiger partial charge in [0, 0.05) is 0 Å². The van der Waals surface area contributed by atoms with E-state index in [4.69, 9.17) is 10.6 Å². The molecule has 1 aliphatic rings. The topological polar surface area (TPSA) is 47.3 Å². The first-order valence-electron chi connectivity index (χ1n) is 6.67. The van der Waals surface area contributed by atoms with E-state index < -0.39 is 0 Å². The van der Waals surface area contributed by atoms with Crippen LogP contribution in [0.1, 0.15) is 24.4 Å². The molecule has 0 radical (unpaired) electrons. The maximum atomic E-state index is 5.76. The second kappa shape index (κ2) is 5.43. The van der Waals surface area contributed by atoms with Crippen LogP contribution in [0.3, 0.4) is 0 Å². The smallest absolute Gasteiger partial charge is 0.115 e. The lowest BCUT2D eigenvalue weighted by Gasteiger charge is -2.24. The summed E-state index contributed by atoms with van der Waals surface area (Å²) in [6.07, 6.45) is 4.27. The summed E-state index contributed by atoms with van der Waals surface area (Å²) < 4.78 is 5.75. The fourth-order valence-corrected chi connectivity index (χ4v) is 2.61. The average Bonchev–Trinajstić information content (AvgIpc) is 2.49. The Bertz CT molecular complexity index is 601. The first-order chi connectivity index (χ1) is 9.40. The van der Waals surface area contributed by atoms with Gasteiger partial charge in [0.15, 0.2) is 0 Å². The first-order valence-corrected chi connectivity index (χ1v) is 6.67. The largest absolute Gasteiger partial charge is 0.496 e. The Hall–Kier alpha value is -1.84. The number of benzene rings is 2. The third-order valence-electron chi connectivity index (χ3n) is 3.55. The van der Waals surface area contributed by atoms with Crippen LogP contribution in [0, 0.1) is 0 Å². The highest BCUT2D eigenvalue weighted by Crippen LogP contribution is 2.30. The van der Waals surface area contributed by atoms with Crippen molar-refractivity contribution in [1.82, 2.24) is 5.43 Å². The van der Waals surface area contributed by atoms with E-state index >= 15 is 0 Å². The number of hydrogen-bond acceptors (Lipinski definition) is 3. The van der Waals surface area contributed by atoms with Crippen LogP contribution in [-0.4, -0.2) is 6.61 Å². The fraction of sp³-hybridized carbons (Fsp3) is 0.250. The van der Waals surface area contributed by atoms with Crippen molar-refractivity contribution in [1.29, 1.82) is 0 Å². The second-order valence-corrected chi connectivity index (χ2v) is 4.77. The molecular weight excluding hydrogens is 236 g/mol. The molecule has 19 heavy (non-hydrogen) atoms. The van der Waals surface area contributed by atoms with Gasteiger partial charge in [0.2, 0.25) is 0 Å². The standard InChI is InChI=1S/C16H18N2O/c17-18-16(15-10-3-4-11-19-15)14-9-5-7-12-6-1-2-8-13(12)14/h1-2,5-10,16,18H,3-4,11,17H2. The number of hydrogen-bond donors (Lipinski definition) is 2. The van der Waals surface area contributed by atoms with Crippen LogP contribution in [0.15, 0.2) is 54.3 Å². The van der Waals surface area contributed by atoms with E-state index in [0.717, 1.165) is 30.8 Å². The van der Waals surface area contributed by atoms with E-state index in [1.54, 1.807) is 0 Å². The molecule has 0 saturated carbocycles. The minimum absolute atomic E-state index is 0.0774. The van der Waals surface area contributed by atoms with Crippen LogP contribution >= 0.6 is 0 Å². The molecule has 0 fully saturated rings. The lowest BCUT2D eigenvalue weighted by atomic mass is 9.97. The van der Waals surface area contributed by atoms with E-state index in [1.165, 1.54) is 10.8 Å². The van der Waals surface area contributed by atoms with Gasteiger partial charge in [-0.2, -0.15) is 0 Å². The van der Waals surface area contributed by atoms with Crippen LogP contribution in [0.5, 0.6) is 0 Å². The molecule has 1 heterocycles. The molecule has 0 bridgehead atoms. The van der Waals surface area contributed by atoms with Crippen molar-refractivity contribution >= 4 is 10.8 Å². The van der Waals surface area contributed by atoms with Crippen molar-refractivity contribution in [3.63, 3.8) is 0 Å². The third kappa shape index (κ3) is 2.35. The Labute approximate surface area is 113 Å². The number of nitrogens with two attached hydrogens (primary N) is 1. The molecule has 3 rings (SSSR count). The minimum atomic E-state index is -0.0774. The van der Waals surface area contributed by atoms with Crippen LogP contribution < -0.4 is 11.3 Å². The molecule has 1 unspecified atom stereocenters. The van der Waals surface area contributed by atoms with Gasteiger partial charge in [-0.1, -0.05) is 42.5 Å².